The van der Waals surface area contributed by atoms with Crippen LogP contribution in [0.4, 0.5) is 11.5 Å². The number of hydrogen-bond acceptors (Lipinski definition) is 4. The average Bonchev–Trinajstić information content (AvgIpc) is 3.02. The van der Waals surface area contributed by atoms with Crippen LogP contribution in [-0.2, 0) is 14.3 Å². The number of aromatic nitrogens is 1. The second-order valence-corrected chi connectivity index (χ2v) is 7.35. The Kier molecular flexibility index (Phi) is 5.68. The van der Waals surface area contributed by atoms with Crippen molar-refractivity contribution in [2.24, 2.45) is 11.8 Å². The zero-order chi connectivity index (χ0) is 17.8. The van der Waals surface area contributed by atoms with E-state index in [-0.39, 0.29) is 17.9 Å². The Morgan fingerprint density at radius 3 is 2.92 bits per heavy atom. The largest absolute Gasteiger partial charge is 0.378 e. The summed E-state index contributed by atoms with van der Waals surface area (Å²) in [5.74, 6) is 1.51. The lowest BCUT2D eigenvalue weighted by atomic mass is 9.88. The highest BCUT2D eigenvalue weighted by Crippen LogP contribution is 2.27. The molecule has 3 heterocycles. The van der Waals surface area contributed by atoms with Gasteiger partial charge in [-0.1, -0.05) is 13.8 Å². The molecule has 2 atom stereocenters. The van der Waals surface area contributed by atoms with Crippen LogP contribution in [0.1, 0.15) is 46.0 Å². The third kappa shape index (κ3) is 4.57. The summed E-state index contributed by atoms with van der Waals surface area (Å²) in [6.45, 7) is 5.79. The van der Waals surface area contributed by atoms with E-state index in [4.69, 9.17) is 4.74 Å². The van der Waals surface area contributed by atoms with Gasteiger partial charge in [-0.15, -0.1) is 0 Å². The molecule has 136 valence electrons. The monoisotopic (exact) mass is 345 g/mol. The van der Waals surface area contributed by atoms with Crippen LogP contribution < -0.4 is 10.2 Å². The molecule has 6 nitrogen and oxygen atoms in total. The van der Waals surface area contributed by atoms with E-state index >= 15 is 0 Å². The molecule has 0 unspecified atom stereocenters. The Hall–Kier alpha value is -1.95. The molecule has 0 spiro atoms. The Bertz CT molecular complexity index is 615. The van der Waals surface area contributed by atoms with Gasteiger partial charge in [0.2, 0.25) is 11.8 Å². The molecule has 1 N–H and O–H groups in total. The maximum Gasteiger partial charge on any atom is 0.227 e. The first-order valence-electron chi connectivity index (χ1n) is 9.21. The topological polar surface area (TPSA) is 71.5 Å². The van der Waals surface area contributed by atoms with E-state index in [9.17, 15) is 9.59 Å². The first-order chi connectivity index (χ1) is 12.0. The fraction of sp³-hybridized carbons (Fsp3) is 0.632. The molecule has 0 bridgehead atoms. The molecule has 0 radical (unpaired) electrons. The molecule has 0 saturated carbocycles. The second-order valence-electron chi connectivity index (χ2n) is 7.35. The molecular weight excluding hydrogens is 318 g/mol. The van der Waals surface area contributed by atoms with Crippen molar-refractivity contribution in [1.82, 2.24) is 4.98 Å². The van der Waals surface area contributed by atoms with E-state index in [1.807, 2.05) is 6.07 Å². The summed E-state index contributed by atoms with van der Waals surface area (Å²) in [4.78, 5) is 30.1. The molecular formula is C19H27N3O3. The average molecular weight is 345 g/mol. The van der Waals surface area contributed by atoms with Gasteiger partial charge in [-0.05, 0) is 43.2 Å². The zero-order valence-corrected chi connectivity index (χ0v) is 15.0. The fourth-order valence-electron chi connectivity index (χ4n) is 3.55. The van der Waals surface area contributed by atoms with Crippen molar-refractivity contribution in [2.45, 2.75) is 52.1 Å². The van der Waals surface area contributed by atoms with Crippen molar-refractivity contribution in [1.29, 1.82) is 0 Å². The summed E-state index contributed by atoms with van der Waals surface area (Å²) >= 11 is 0. The van der Waals surface area contributed by atoms with Crippen LogP contribution in [0.25, 0.3) is 0 Å². The highest BCUT2D eigenvalue weighted by atomic mass is 16.5. The van der Waals surface area contributed by atoms with E-state index in [2.05, 4.69) is 24.1 Å². The summed E-state index contributed by atoms with van der Waals surface area (Å²) in [5, 5.41) is 2.87. The van der Waals surface area contributed by atoms with Crippen LogP contribution in [0.5, 0.6) is 0 Å². The van der Waals surface area contributed by atoms with Crippen molar-refractivity contribution in [2.75, 3.05) is 23.4 Å². The number of rotatable bonds is 5. The van der Waals surface area contributed by atoms with E-state index in [0.29, 0.717) is 30.5 Å². The van der Waals surface area contributed by atoms with Crippen LogP contribution in [0.15, 0.2) is 18.3 Å². The number of ether oxygens (including phenoxy) is 1. The highest BCUT2D eigenvalue weighted by molar-refractivity contribution is 5.95. The summed E-state index contributed by atoms with van der Waals surface area (Å²) in [5.41, 5.74) is 0.796. The molecule has 0 aliphatic carbocycles. The van der Waals surface area contributed by atoms with E-state index in [1.165, 1.54) is 0 Å². The summed E-state index contributed by atoms with van der Waals surface area (Å²) in [6.07, 6.45) is 5.76. The Labute approximate surface area is 148 Å². The first-order valence-corrected chi connectivity index (χ1v) is 9.21. The van der Waals surface area contributed by atoms with Gasteiger partial charge in [0.15, 0.2) is 0 Å². The molecule has 2 aliphatic rings. The lowest BCUT2D eigenvalue weighted by Crippen LogP contribution is -2.31. The minimum atomic E-state index is -0.00750. The third-order valence-corrected chi connectivity index (χ3v) is 5.04. The van der Waals surface area contributed by atoms with Crippen molar-refractivity contribution >= 4 is 23.3 Å². The standard InChI is InChI=1S/C19H27N3O3/c1-13(2)16-10-14(7-9-25-16)11-18(23)21-17-6-5-15(12-20-17)22-8-3-4-19(22)24/h5-6,12-14,16H,3-4,7-11H2,1-2H3,(H,20,21,23)/t14-,16-/m0/s1. The van der Waals surface area contributed by atoms with E-state index in [0.717, 1.165) is 38.1 Å². The van der Waals surface area contributed by atoms with E-state index in [1.54, 1.807) is 17.2 Å². The Balaban J connectivity index is 1.51. The van der Waals surface area contributed by atoms with Gasteiger partial charge < -0.3 is 15.0 Å². The number of amides is 2. The fourth-order valence-corrected chi connectivity index (χ4v) is 3.55. The second kappa shape index (κ2) is 7.95. The highest BCUT2D eigenvalue weighted by Gasteiger charge is 2.26. The van der Waals surface area contributed by atoms with Crippen molar-refractivity contribution < 1.29 is 14.3 Å². The van der Waals surface area contributed by atoms with Gasteiger partial charge in [0.1, 0.15) is 5.82 Å². The van der Waals surface area contributed by atoms with Gasteiger partial charge in [-0.3, -0.25) is 9.59 Å². The number of carbonyl (C=O) groups is 2. The van der Waals surface area contributed by atoms with Crippen LogP contribution in [0, 0.1) is 11.8 Å². The van der Waals surface area contributed by atoms with Crippen LogP contribution >= 0.6 is 0 Å². The maximum atomic E-state index is 12.3. The summed E-state index contributed by atoms with van der Waals surface area (Å²) in [7, 11) is 0. The van der Waals surface area contributed by atoms with Gasteiger partial charge in [0, 0.05) is 26.0 Å². The molecule has 1 aromatic rings. The van der Waals surface area contributed by atoms with Crippen LogP contribution in [-0.4, -0.2) is 36.1 Å². The number of nitrogens with one attached hydrogen (secondary N) is 1. The number of hydrogen-bond donors (Lipinski definition) is 1. The smallest absolute Gasteiger partial charge is 0.227 e. The first kappa shape index (κ1) is 17.9. The van der Waals surface area contributed by atoms with Crippen molar-refractivity contribution in [3.63, 3.8) is 0 Å². The van der Waals surface area contributed by atoms with Gasteiger partial charge in [-0.2, -0.15) is 0 Å². The zero-order valence-electron chi connectivity index (χ0n) is 15.0. The molecule has 3 rings (SSSR count). The molecule has 25 heavy (non-hydrogen) atoms. The van der Waals surface area contributed by atoms with Crippen LogP contribution in [0.3, 0.4) is 0 Å². The quantitative estimate of drug-likeness (QED) is 0.890. The lowest BCUT2D eigenvalue weighted by Gasteiger charge is -2.31. The lowest BCUT2D eigenvalue weighted by molar-refractivity contribution is -0.119. The molecule has 1 aromatic heterocycles. The van der Waals surface area contributed by atoms with Gasteiger partial charge in [-0.25, -0.2) is 4.98 Å². The van der Waals surface area contributed by atoms with E-state index < -0.39 is 0 Å². The predicted octanol–water partition coefficient (Wildman–Crippen LogP) is 2.99. The number of pyridine rings is 1. The molecule has 2 aliphatic heterocycles. The number of carbonyl (C=O) groups excluding carboxylic acids is 2. The SMILES string of the molecule is CC(C)[C@@H]1C[C@@H](CC(=O)Nc2ccc(N3CCCC3=O)cn2)CCO1. The minimum absolute atomic E-state index is 0.00750. The molecule has 2 saturated heterocycles. The van der Waals surface area contributed by atoms with Gasteiger partial charge in [0.25, 0.3) is 0 Å². The molecule has 2 fully saturated rings. The summed E-state index contributed by atoms with van der Waals surface area (Å²) < 4.78 is 5.76. The third-order valence-electron chi connectivity index (χ3n) is 5.04. The Morgan fingerprint density at radius 2 is 2.28 bits per heavy atom. The van der Waals surface area contributed by atoms with Crippen molar-refractivity contribution in [3.8, 4) is 0 Å². The maximum absolute atomic E-state index is 12.3. The van der Waals surface area contributed by atoms with Crippen molar-refractivity contribution in [3.05, 3.63) is 18.3 Å². The molecule has 2 amide bonds. The van der Waals surface area contributed by atoms with Gasteiger partial charge in [0.05, 0.1) is 18.0 Å². The molecule has 0 aromatic carbocycles. The number of anilines is 2. The number of nitrogens with zero attached hydrogens (tertiary/aromatic N) is 2. The van der Waals surface area contributed by atoms with Gasteiger partial charge >= 0.3 is 0 Å². The normalized spacial score (nSPS) is 24.0. The summed E-state index contributed by atoms with van der Waals surface area (Å²) in [6, 6.07) is 3.61. The minimum Gasteiger partial charge on any atom is -0.378 e. The predicted molar refractivity (Wildman–Crippen MR) is 96.4 cm³/mol. The Morgan fingerprint density at radius 1 is 1.44 bits per heavy atom. The van der Waals surface area contributed by atoms with Crippen LogP contribution in [0.2, 0.25) is 0 Å². The molecule has 6 heteroatoms.